The van der Waals surface area contributed by atoms with Gasteiger partial charge in [0.05, 0.1) is 28.7 Å². The minimum atomic E-state index is -0.662. The molecule has 3 heterocycles. The largest absolute Gasteiger partial charge is 0.503 e. The summed E-state index contributed by atoms with van der Waals surface area (Å²) in [7, 11) is 0. The molecule has 4 rings (SSSR count). The van der Waals surface area contributed by atoms with Crippen molar-refractivity contribution in [1.82, 2.24) is 9.88 Å². The Bertz CT molecular complexity index is 1060. The molecule has 28 heavy (non-hydrogen) atoms. The van der Waals surface area contributed by atoms with Crippen molar-refractivity contribution in [3.63, 3.8) is 0 Å². The molecule has 0 saturated heterocycles. The van der Waals surface area contributed by atoms with E-state index in [4.69, 9.17) is 0 Å². The second-order valence-electron chi connectivity index (χ2n) is 6.58. The zero-order valence-corrected chi connectivity index (χ0v) is 16.0. The Morgan fingerprint density at radius 3 is 2.61 bits per heavy atom. The van der Waals surface area contributed by atoms with E-state index in [2.05, 4.69) is 4.98 Å². The molecule has 1 unspecified atom stereocenters. The summed E-state index contributed by atoms with van der Waals surface area (Å²) in [4.78, 5) is 32.4. The summed E-state index contributed by atoms with van der Waals surface area (Å²) < 4.78 is 0. The third kappa shape index (κ3) is 3.12. The third-order valence-corrected chi connectivity index (χ3v) is 5.70. The Kier molecular flexibility index (Phi) is 4.79. The van der Waals surface area contributed by atoms with Gasteiger partial charge < -0.3 is 10.0 Å². The molecule has 2 aromatic heterocycles. The fourth-order valence-corrected chi connectivity index (χ4v) is 4.15. The number of aliphatic hydroxyl groups is 1. The number of rotatable bonds is 5. The highest BCUT2D eigenvalue weighted by molar-refractivity contribution is 7.12. The van der Waals surface area contributed by atoms with Gasteiger partial charge >= 0.3 is 0 Å². The maximum atomic E-state index is 13.2. The fourth-order valence-electron chi connectivity index (χ4n) is 3.47. The second kappa shape index (κ2) is 7.40. The van der Waals surface area contributed by atoms with E-state index in [-0.39, 0.29) is 17.9 Å². The number of aliphatic hydroxyl groups excluding tert-OH is 1. The average molecular weight is 390 g/mol. The molecule has 0 radical (unpaired) electrons. The predicted molar refractivity (Wildman–Crippen MR) is 107 cm³/mol. The molecule has 0 spiro atoms. The van der Waals surface area contributed by atoms with Gasteiger partial charge in [-0.3, -0.25) is 14.6 Å². The van der Waals surface area contributed by atoms with Crippen molar-refractivity contribution in [2.45, 2.75) is 19.5 Å². The van der Waals surface area contributed by atoms with Crippen LogP contribution in [0.25, 0.3) is 0 Å². The molecule has 0 bridgehead atoms. The Morgan fingerprint density at radius 2 is 1.93 bits per heavy atom. The number of Topliss-reactive ketones (excluding diaryl/α,β-unsaturated/α-hetero) is 1. The number of hydrogen-bond donors (Lipinski definition) is 1. The van der Waals surface area contributed by atoms with Crippen LogP contribution in [0.3, 0.4) is 0 Å². The molecule has 1 N–H and O–H groups in total. The molecule has 0 saturated carbocycles. The number of aryl methyl sites for hydroxylation is 1. The van der Waals surface area contributed by atoms with Gasteiger partial charge in [-0.1, -0.05) is 36.4 Å². The Hall–Kier alpha value is -3.25. The van der Waals surface area contributed by atoms with Crippen LogP contribution in [0.1, 0.15) is 32.5 Å². The average Bonchev–Trinajstić information content (AvgIpc) is 3.32. The van der Waals surface area contributed by atoms with Crippen molar-refractivity contribution in [2.75, 3.05) is 0 Å². The van der Waals surface area contributed by atoms with Crippen molar-refractivity contribution in [1.29, 1.82) is 0 Å². The van der Waals surface area contributed by atoms with Crippen molar-refractivity contribution >= 4 is 23.0 Å². The molecule has 1 aliphatic rings. The number of aromatic nitrogens is 1. The van der Waals surface area contributed by atoms with Gasteiger partial charge in [0.15, 0.2) is 5.76 Å². The molecule has 1 atom stereocenters. The first-order chi connectivity index (χ1) is 13.6. The van der Waals surface area contributed by atoms with E-state index in [0.717, 1.165) is 11.1 Å². The van der Waals surface area contributed by atoms with E-state index in [1.807, 2.05) is 43.3 Å². The Balaban J connectivity index is 1.82. The van der Waals surface area contributed by atoms with Crippen LogP contribution in [-0.4, -0.2) is 26.7 Å². The topological polar surface area (TPSA) is 70.5 Å². The van der Waals surface area contributed by atoms with Gasteiger partial charge in [-0.05, 0) is 41.6 Å². The number of carbonyl (C=O) groups excluding carboxylic acids is 2. The lowest BCUT2D eigenvalue weighted by Gasteiger charge is -2.27. The number of pyridine rings is 1. The van der Waals surface area contributed by atoms with Crippen LogP contribution >= 0.6 is 11.3 Å². The molecule has 5 nitrogen and oxygen atoms in total. The van der Waals surface area contributed by atoms with E-state index in [9.17, 15) is 14.7 Å². The molecular weight excluding hydrogens is 372 g/mol. The SMILES string of the molecule is Cc1ccccc1C1C(C(=O)c2cccs2)=C(O)C(=O)N1Cc1ccccn1. The summed E-state index contributed by atoms with van der Waals surface area (Å²) >= 11 is 1.29. The minimum Gasteiger partial charge on any atom is -0.503 e. The van der Waals surface area contributed by atoms with Crippen LogP contribution in [0.15, 0.2) is 77.5 Å². The maximum absolute atomic E-state index is 13.2. The predicted octanol–water partition coefficient (Wildman–Crippen LogP) is 4.23. The molecular formula is C22H18N2O3S. The zero-order chi connectivity index (χ0) is 19.7. The number of thiophene rings is 1. The molecule has 1 aromatic carbocycles. The molecule has 3 aromatic rings. The quantitative estimate of drug-likeness (QED) is 0.662. The number of benzene rings is 1. The molecule has 1 amide bonds. The van der Waals surface area contributed by atoms with Gasteiger partial charge in [0.2, 0.25) is 5.78 Å². The molecule has 0 aliphatic carbocycles. The van der Waals surface area contributed by atoms with Crippen molar-refractivity contribution in [3.05, 3.63) is 99.2 Å². The van der Waals surface area contributed by atoms with Crippen LogP contribution in [0.4, 0.5) is 0 Å². The number of nitrogens with zero attached hydrogens (tertiary/aromatic N) is 2. The van der Waals surface area contributed by atoms with E-state index in [0.29, 0.717) is 10.6 Å². The number of amides is 1. The summed E-state index contributed by atoms with van der Waals surface area (Å²) in [6.45, 7) is 2.13. The lowest BCUT2D eigenvalue weighted by atomic mass is 9.92. The highest BCUT2D eigenvalue weighted by Gasteiger charge is 2.44. The summed E-state index contributed by atoms with van der Waals surface area (Å²) in [6.07, 6.45) is 1.66. The summed E-state index contributed by atoms with van der Waals surface area (Å²) in [5, 5.41) is 12.5. The standard InChI is InChI=1S/C22H18N2O3S/c1-14-7-2-3-9-16(14)19-18(20(25)17-10-6-12-28-17)21(26)22(27)24(19)13-15-8-4-5-11-23-15/h2-12,19,26H,13H2,1H3. The molecule has 0 fully saturated rings. The lowest BCUT2D eigenvalue weighted by Crippen LogP contribution is -2.31. The second-order valence-corrected chi connectivity index (χ2v) is 7.53. The van der Waals surface area contributed by atoms with Gasteiger partial charge in [0, 0.05) is 6.20 Å². The molecule has 6 heteroatoms. The third-order valence-electron chi connectivity index (χ3n) is 4.83. The van der Waals surface area contributed by atoms with E-state index >= 15 is 0 Å². The van der Waals surface area contributed by atoms with Gasteiger partial charge in [-0.25, -0.2) is 0 Å². The van der Waals surface area contributed by atoms with Crippen LogP contribution in [0, 0.1) is 6.92 Å². The van der Waals surface area contributed by atoms with Gasteiger partial charge in [0.25, 0.3) is 5.91 Å². The van der Waals surface area contributed by atoms with E-state index < -0.39 is 17.7 Å². The highest BCUT2D eigenvalue weighted by atomic mass is 32.1. The lowest BCUT2D eigenvalue weighted by molar-refractivity contribution is -0.130. The van der Waals surface area contributed by atoms with Crippen LogP contribution in [0.2, 0.25) is 0 Å². The van der Waals surface area contributed by atoms with Gasteiger partial charge in [-0.2, -0.15) is 0 Å². The summed E-state index contributed by atoms with van der Waals surface area (Å²) in [5.41, 5.74) is 2.57. The monoisotopic (exact) mass is 390 g/mol. The fraction of sp³-hybridized carbons (Fsp3) is 0.136. The van der Waals surface area contributed by atoms with Crippen LogP contribution in [0.5, 0.6) is 0 Å². The normalized spacial score (nSPS) is 16.7. The Morgan fingerprint density at radius 1 is 1.14 bits per heavy atom. The highest BCUT2D eigenvalue weighted by Crippen LogP contribution is 2.41. The minimum absolute atomic E-state index is 0.123. The van der Waals surface area contributed by atoms with Crippen LogP contribution in [-0.2, 0) is 11.3 Å². The van der Waals surface area contributed by atoms with Crippen molar-refractivity contribution in [3.8, 4) is 0 Å². The van der Waals surface area contributed by atoms with Gasteiger partial charge in [-0.15, -0.1) is 11.3 Å². The Labute approximate surface area is 166 Å². The maximum Gasteiger partial charge on any atom is 0.290 e. The van der Waals surface area contributed by atoms with Gasteiger partial charge in [0.1, 0.15) is 0 Å². The first kappa shape index (κ1) is 18.1. The smallest absolute Gasteiger partial charge is 0.290 e. The van der Waals surface area contributed by atoms with Crippen molar-refractivity contribution < 1.29 is 14.7 Å². The zero-order valence-electron chi connectivity index (χ0n) is 15.2. The van der Waals surface area contributed by atoms with E-state index in [1.165, 1.54) is 16.2 Å². The van der Waals surface area contributed by atoms with Crippen LogP contribution < -0.4 is 0 Å². The van der Waals surface area contributed by atoms with Crippen molar-refractivity contribution in [2.24, 2.45) is 0 Å². The molecule has 140 valence electrons. The molecule has 1 aliphatic heterocycles. The summed E-state index contributed by atoms with van der Waals surface area (Å²) in [6, 6.07) is 15.9. The number of ketones is 1. The number of hydrogen-bond acceptors (Lipinski definition) is 5. The van der Waals surface area contributed by atoms with E-state index in [1.54, 1.807) is 29.8 Å². The first-order valence-corrected chi connectivity index (χ1v) is 9.73. The first-order valence-electron chi connectivity index (χ1n) is 8.85. The summed E-state index contributed by atoms with van der Waals surface area (Å²) in [5.74, 6) is -1.36. The number of carbonyl (C=O) groups is 2.